The first-order chi connectivity index (χ1) is 8.49. The van der Waals surface area contributed by atoms with Crippen LogP contribution in [0.4, 0.5) is 5.69 Å². The van der Waals surface area contributed by atoms with Crippen LogP contribution in [-0.4, -0.2) is 11.1 Å². The van der Waals surface area contributed by atoms with Gasteiger partial charge in [-0.3, -0.25) is 0 Å². The summed E-state index contributed by atoms with van der Waals surface area (Å²) in [4.78, 5) is 11.2. The van der Waals surface area contributed by atoms with Crippen molar-refractivity contribution in [1.29, 1.82) is 0 Å². The molecule has 0 aromatic heterocycles. The van der Waals surface area contributed by atoms with Gasteiger partial charge in [-0.1, -0.05) is 24.3 Å². The van der Waals surface area contributed by atoms with Crippen molar-refractivity contribution in [2.75, 3.05) is 5.73 Å². The maximum atomic E-state index is 11.2. The molecule has 3 nitrogen and oxygen atoms in total. The van der Waals surface area contributed by atoms with Crippen molar-refractivity contribution in [1.82, 2.24) is 0 Å². The summed E-state index contributed by atoms with van der Waals surface area (Å²) in [5.41, 5.74) is 10.2. The van der Waals surface area contributed by atoms with Gasteiger partial charge in [-0.05, 0) is 48.2 Å². The second kappa shape index (κ2) is 4.53. The summed E-state index contributed by atoms with van der Waals surface area (Å²) in [7, 11) is 0. The van der Waals surface area contributed by atoms with Gasteiger partial charge in [-0.2, -0.15) is 0 Å². The van der Waals surface area contributed by atoms with Gasteiger partial charge in [0.2, 0.25) is 0 Å². The summed E-state index contributed by atoms with van der Waals surface area (Å²) in [5, 5.41) is 9.22. The van der Waals surface area contributed by atoms with Crippen LogP contribution in [0.1, 0.15) is 21.5 Å². The Balaban J connectivity index is 2.63. The van der Waals surface area contributed by atoms with Crippen LogP contribution >= 0.6 is 0 Å². The molecule has 3 heteroatoms. The molecule has 0 radical (unpaired) electrons. The van der Waals surface area contributed by atoms with E-state index in [-0.39, 0.29) is 5.56 Å². The number of carboxylic acids is 1. The maximum Gasteiger partial charge on any atom is 0.336 e. The van der Waals surface area contributed by atoms with E-state index >= 15 is 0 Å². The van der Waals surface area contributed by atoms with Gasteiger partial charge in [0.25, 0.3) is 0 Å². The Morgan fingerprint density at radius 1 is 1.06 bits per heavy atom. The van der Waals surface area contributed by atoms with Gasteiger partial charge in [-0.15, -0.1) is 0 Å². The van der Waals surface area contributed by atoms with Crippen molar-refractivity contribution in [3.63, 3.8) is 0 Å². The van der Waals surface area contributed by atoms with Gasteiger partial charge in [0, 0.05) is 5.69 Å². The smallest absolute Gasteiger partial charge is 0.336 e. The quantitative estimate of drug-likeness (QED) is 0.793. The maximum absolute atomic E-state index is 11.2. The Labute approximate surface area is 106 Å². The highest BCUT2D eigenvalue weighted by Gasteiger charge is 2.12. The number of benzene rings is 2. The molecule has 0 amide bonds. The molecule has 0 unspecified atom stereocenters. The monoisotopic (exact) mass is 241 g/mol. The Morgan fingerprint density at radius 3 is 2.39 bits per heavy atom. The largest absolute Gasteiger partial charge is 0.478 e. The predicted octanol–water partition coefficient (Wildman–Crippen LogP) is 3.25. The average Bonchev–Trinajstić information content (AvgIpc) is 2.32. The van der Waals surface area contributed by atoms with Crippen LogP contribution in [0, 0.1) is 13.8 Å². The molecule has 0 saturated carbocycles. The molecule has 0 aliphatic carbocycles. The molecule has 0 bridgehead atoms. The Morgan fingerprint density at radius 2 is 1.78 bits per heavy atom. The standard InChI is InChI=1S/C15H15NO2/c1-9-3-4-11(7-10(9)2)13-6-5-12(16)8-14(13)15(17)18/h3-8H,16H2,1-2H3,(H,17,18). The Bertz CT molecular complexity index is 618. The highest BCUT2D eigenvalue weighted by Crippen LogP contribution is 2.27. The molecule has 0 fully saturated rings. The molecule has 0 atom stereocenters. The molecule has 2 rings (SSSR count). The van der Waals surface area contributed by atoms with Crippen LogP contribution < -0.4 is 5.73 Å². The zero-order chi connectivity index (χ0) is 13.3. The van der Waals surface area contributed by atoms with E-state index in [1.165, 1.54) is 11.6 Å². The molecule has 0 saturated heterocycles. The van der Waals surface area contributed by atoms with Crippen molar-refractivity contribution in [2.45, 2.75) is 13.8 Å². The molecule has 0 aliphatic rings. The van der Waals surface area contributed by atoms with Crippen LogP contribution in [0.25, 0.3) is 11.1 Å². The highest BCUT2D eigenvalue weighted by atomic mass is 16.4. The topological polar surface area (TPSA) is 63.3 Å². The summed E-state index contributed by atoms with van der Waals surface area (Å²) in [6, 6.07) is 10.9. The third kappa shape index (κ3) is 2.20. The van der Waals surface area contributed by atoms with Crippen LogP contribution in [0.2, 0.25) is 0 Å². The van der Waals surface area contributed by atoms with Crippen molar-refractivity contribution >= 4 is 11.7 Å². The molecule has 0 aliphatic heterocycles. The fourth-order valence-electron chi connectivity index (χ4n) is 1.90. The fraction of sp³-hybridized carbons (Fsp3) is 0.133. The first-order valence-corrected chi connectivity index (χ1v) is 5.69. The van der Waals surface area contributed by atoms with Gasteiger partial charge in [0.1, 0.15) is 0 Å². The molecular weight excluding hydrogens is 226 g/mol. The van der Waals surface area contributed by atoms with E-state index in [0.717, 1.165) is 11.1 Å². The molecule has 2 aromatic rings. The first-order valence-electron chi connectivity index (χ1n) is 5.69. The lowest BCUT2D eigenvalue weighted by molar-refractivity contribution is 0.0698. The first kappa shape index (κ1) is 12.2. The molecule has 0 heterocycles. The number of rotatable bonds is 2. The average molecular weight is 241 g/mol. The van der Waals surface area contributed by atoms with Crippen molar-refractivity contribution in [3.05, 3.63) is 53.1 Å². The van der Waals surface area contributed by atoms with E-state index in [4.69, 9.17) is 5.73 Å². The molecule has 0 spiro atoms. The number of nitrogens with two attached hydrogens (primary N) is 1. The summed E-state index contributed by atoms with van der Waals surface area (Å²) in [5.74, 6) is -0.962. The van der Waals surface area contributed by atoms with Crippen molar-refractivity contribution < 1.29 is 9.90 Å². The Hall–Kier alpha value is -2.29. The second-order valence-corrected chi connectivity index (χ2v) is 4.41. The molecule has 92 valence electrons. The zero-order valence-corrected chi connectivity index (χ0v) is 10.4. The number of hydrogen-bond acceptors (Lipinski definition) is 2. The Kier molecular flexibility index (Phi) is 3.06. The van der Waals surface area contributed by atoms with Gasteiger partial charge >= 0.3 is 5.97 Å². The van der Waals surface area contributed by atoms with Crippen LogP contribution in [0.3, 0.4) is 0 Å². The minimum absolute atomic E-state index is 0.234. The summed E-state index contributed by atoms with van der Waals surface area (Å²) in [6.45, 7) is 4.04. The SMILES string of the molecule is Cc1ccc(-c2ccc(N)cc2C(=O)O)cc1C. The summed E-state index contributed by atoms with van der Waals surface area (Å²) >= 11 is 0. The van der Waals surface area contributed by atoms with Gasteiger partial charge in [0.05, 0.1) is 5.56 Å². The third-order valence-electron chi connectivity index (χ3n) is 3.09. The van der Waals surface area contributed by atoms with Crippen LogP contribution in [-0.2, 0) is 0 Å². The number of hydrogen-bond donors (Lipinski definition) is 2. The van der Waals surface area contributed by atoms with E-state index in [1.807, 2.05) is 32.0 Å². The number of carboxylic acid groups (broad SMARTS) is 1. The predicted molar refractivity (Wildman–Crippen MR) is 72.7 cm³/mol. The fourth-order valence-corrected chi connectivity index (χ4v) is 1.90. The molecular formula is C15H15NO2. The van der Waals surface area contributed by atoms with Crippen molar-refractivity contribution in [2.24, 2.45) is 0 Å². The lowest BCUT2D eigenvalue weighted by Crippen LogP contribution is -2.01. The van der Waals surface area contributed by atoms with Crippen LogP contribution in [0.5, 0.6) is 0 Å². The number of aromatic carboxylic acids is 1. The third-order valence-corrected chi connectivity index (χ3v) is 3.09. The minimum Gasteiger partial charge on any atom is -0.478 e. The zero-order valence-electron chi connectivity index (χ0n) is 10.4. The molecule has 3 N–H and O–H groups in total. The summed E-state index contributed by atoms with van der Waals surface area (Å²) < 4.78 is 0. The van der Waals surface area contributed by atoms with Gasteiger partial charge in [0.15, 0.2) is 0 Å². The van der Waals surface area contributed by atoms with E-state index in [1.54, 1.807) is 12.1 Å². The van der Waals surface area contributed by atoms with E-state index in [9.17, 15) is 9.90 Å². The van der Waals surface area contributed by atoms with Crippen LogP contribution in [0.15, 0.2) is 36.4 Å². The minimum atomic E-state index is -0.962. The van der Waals surface area contributed by atoms with Crippen molar-refractivity contribution in [3.8, 4) is 11.1 Å². The lowest BCUT2D eigenvalue weighted by atomic mass is 9.96. The number of anilines is 1. The number of nitrogen functional groups attached to an aromatic ring is 1. The van der Waals surface area contributed by atoms with E-state index < -0.39 is 5.97 Å². The highest BCUT2D eigenvalue weighted by molar-refractivity contribution is 5.97. The normalized spacial score (nSPS) is 10.3. The van der Waals surface area contributed by atoms with E-state index in [2.05, 4.69) is 0 Å². The summed E-state index contributed by atoms with van der Waals surface area (Å²) in [6.07, 6.45) is 0. The number of aryl methyl sites for hydroxylation is 2. The van der Waals surface area contributed by atoms with E-state index in [0.29, 0.717) is 11.3 Å². The molecule has 18 heavy (non-hydrogen) atoms. The van der Waals surface area contributed by atoms with Gasteiger partial charge < -0.3 is 10.8 Å². The molecule has 2 aromatic carbocycles. The van der Waals surface area contributed by atoms with Gasteiger partial charge in [-0.25, -0.2) is 4.79 Å². The number of carbonyl (C=O) groups is 1. The second-order valence-electron chi connectivity index (χ2n) is 4.41. The lowest BCUT2D eigenvalue weighted by Gasteiger charge is -2.09.